The Bertz CT molecular complexity index is 972. The molecule has 6 nitrogen and oxygen atoms in total. The fourth-order valence-electron chi connectivity index (χ4n) is 2.63. The van der Waals surface area contributed by atoms with E-state index in [2.05, 4.69) is 25.6 Å². The van der Waals surface area contributed by atoms with E-state index in [1.165, 1.54) is 0 Å². The van der Waals surface area contributed by atoms with Crippen LogP contribution in [0, 0.1) is 0 Å². The van der Waals surface area contributed by atoms with Crippen molar-refractivity contribution in [1.29, 1.82) is 0 Å². The van der Waals surface area contributed by atoms with Gasteiger partial charge in [-0.2, -0.15) is 0 Å². The van der Waals surface area contributed by atoms with Gasteiger partial charge in [-0.05, 0) is 23.8 Å². The van der Waals surface area contributed by atoms with E-state index in [4.69, 9.17) is 4.42 Å². The maximum atomic E-state index is 5.38. The Labute approximate surface area is 157 Å². The molecule has 4 rings (SSSR count). The van der Waals surface area contributed by atoms with Gasteiger partial charge in [0.2, 0.25) is 0 Å². The molecule has 0 saturated heterocycles. The van der Waals surface area contributed by atoms with Crippen molar-refractivity contribution in [2.45, 2.75) is 13.1 Å². The minimum Gasteiger partial charge on any atom is -0.467 e. The predicted octanol–water partition coefficient (Wildman–Crippen LogP) is 4.36. The number of nitrogens with zero attached hydrogens (tertiary/aromatic N) is 3. The molecule has 0 fully saturated rings. The van der Waals surface area contributed by atoms with Crippen LogP contribution in [0.1, 0.15) is 11.3 Å². The van der Waals surface area contributed by atoms with E-state index in [1.807, 2.05) is 66.9 Å². The van der Waals surface area contributed by atoms with E-state index in [-0.39, 0.29) is 0 Å². The lowest BCUT2D eigenvalue weighted by Gasteiger charge is -2.11. The summed E-state index contributed by atoms with van der Waals surface area (Å²) in [6.07, 6.45) is 5.26. The molecular weight excluding hydrogens is 338 g/mol. The molecule has 0 amide bonds. The highest BCUT2D eigenvalue weighted by atomic mass is 16.3. The van der Waals surface area contributed by atoms with Crippen LogP contribution in [-0.4, -0.2) is 15.0 Å². The van der Waals surface area contributed by atoms with Crippen molar-refractivity contribution < 1.29 is 4.42 Å². The maximum absolute atomic E-state index is 5.38. The van der Waals surface area contributed by atoms with E-state index in [1.54, 1.807) is 12.5 Å². The van der Waals surface area contributed by atoms with E-state index in [0.29, 0.717) is 18.9 Å². The van der Waals surface area contributed by atoms with Crippen molar-refractivity contribution in [1.82, 2.24) is 15.0 Å². The first-order chi connectivity index (χ1) is 13.4. The quantitative estimate of drug-likeness (QED) is 0.512. The summed E-state index contributed by atoms with van der Waals surface area (Å²) in [5.41, 5.74) is 2.05. The Kier molecular flexibility index (Phi) is 5.06. The Hall–Kier alpha value is -3.67. The van der Waals surface area contributed by atoms with Gasteiger partial charge in [0, 0.05) is 30.6 Å². The van der Waals surface area contributed by atoms with E-state index in [0.717, 1.165) is 28.5 Å². The molecule has 0 aliphatic heterocycles. The molecule has 0 saturated carbocycles. The summed E-state index contributed by atoms with van der Waals surface area (Å²) in [6.45, 7) is 1.19. The van der Waals surface area contributed by atoms with E-state index in [9.17, 15) is 0 Å². The molecule has 3 aromatic heterocycles. The molecule has 0 atom stereocenters. The second-order valence-corrected chi connectivity index (χ2v) is 5.98. The smallest absolute Gasteiger partial charge is 0.163 e. The van der Waals surface area contributed by atoms with Gasteiger partial charge < -0.3 is 15.1 Å². The normalized spacial score (nSPS) is 10.5. The third-order valence-corrected chi connectivity index (χ3v) is 3.98. The van der Waals surface area contributed by atoms with Gasteiger partial charge in [-0.3, -0.25) is 4.98 Å². The number of furan rings is 1. The number of pyridine rings is 1. The monoisotopic (exact) mass is 357 g/mol. The van der Waals surface area contributed by atoms with Crippen molar-refractivity contribution in [3.05, 3.63) is 90.6 Å². The van der Waals surface area contributed by atoms with Crippen LogP contribution in [0.2, 0.25) is 0 Å². The predicted molar refractivity (Wildman–Crippen MR) is 105 cm³/mol. The van der Waals surface area contributed by atoms with Gasteiger partial charge in [0.25, 0.3) is 0 Å². The van der Waals surface area contributed by atoms with E-state index < -0.39 is 0 Å². The summed E-state index contributed by atoms with van der Waals surface area (Å²) in [7, 11) is 0. The number of rotatable bonds is 7. The molecule has 27 heavy (non-hydrogen) atoms. The standard InChI is InChI=1S/C21H19N5O/c1-2-7-17(8-3-1)21-25-19(23-14-16-6-4-10-22-13-16)12-20(26-21)24-15-18-9-5-11-27-18/h1-13H,14-15H2,(H2,23,24,25,26). The lowest BCUT2D eigenvalue weighted by atomic mass is 10.2. The molecule has 6 heteroatoms. The minimum absolute atomic E-state index is 0.556. The zero-order valence-electron chi connectivity index (χ0n) is 14.7. The number of benzene rings is 1. The zero-order chi connectivity index (χ0) is 18.3. The molecule has 134 valence electrons. The highest BCUT2D eigenvalue weighted by Gasteiger charge is 2.08. The van der Waals surface area contributed by atoms with Crippen LogP contribution < -0.4 is 10.6 Å². The van der Waals surface area contributed by atoms with Crippen LogP contribution >= 0.6 is 0 Å². The second kappa shape index (κ2) is 8.14. The second-order valence-electron chi connectivity index (χ2n) is 5.98. The van der Waals surface area contributed by atoms with Gasteiger partial charge in [0.05, 0.1) is 12.8 Å². The zero-order valence-corrected chi connectivity index (χ0v) is 14.7. The summed E-state index contributed by atoms with van der Waals surface area (Å²) >= 11 is 0. The first kappa shape index (κ1) is 16.8. The molecular formula is C21H19N5O. The highest BCUT2D eigenvalue weighted by molar-refractivity contribution is 5.61. The van der Waals surface area contributed by atoms with Crippen molar-refractivity contribution in [2.24, 2.45) is 0 Å². The van der Waals surface area contributed by atoms with Crippen LogP contribution in [0.4, 0.5) is 11.6 Å². The SMILES string of the molecule is c1ccc(-c2nc(NCc3cccnc3)cc(NCc3ccco3)n2)cc1. The lowest BCUT2D eigenvalue weighted by molar-refractivity contribution is 0.518. The van der Waals surface area contributed by atoms with Gasteiger partial charge in [-0.1, -0.05) is 36.4 Å². The summed E-state index contributed by atoms with van der Waals surface area (Å²) < 4.78 is 5.38. The van der Waals surface area contributed by atoms with Crippen molar-refractivity contribution >= 4 is 11.6 Å². The minimum atomic E-state index is 0.556. The van der Waals surface area contributed by atoms with Gasteiger partial charge >= 0.3 is 0 Å². The Morgan fingerprint density at radius 3 is 2.33 bits per heavy atom. The topological polar surface area (TPSA) is 75.9 Å². The Morgan fingerprint density at radius 2 is 1.63 bits per heavy atom. The van der Waals surface area contributed by atoms with Crippen molar-refractivity contribution in [3.8, 4) is 11.4 Å². The summed E-state index contributed by atoms with van der Waals surface area (Å²) in [5.74, 6) is 2.98. The molecule has 0 aliphatic carbocycles. The molecule has 2 N–H and O–H groups in total. The van der Waals surface area contributed by atoms with Gasteiger partial charge in [0.15, 0.2) is 5.82 Å². The average Bonchev–Trinajstić information content (AvgIpc) is 3.26. The number of hydrogen-bond acceptors (Lipinski definition) is 6. The summed E-state index contributed by atoms with van der Waals surface area (Å²) in [6, 6.07) is 19.6. The molecule has 0 aliphatic rings. The van der Waals surface area contributed by atoms with Crippen molar-refractivity contribution in [3.63, 3.8) is 0 Å². The van der Waals surface area contributed by atoms with Crippen molar-refractivity contribution in [2.75, 3.05) is 10.6 Å². The van der Waals surface area contributed by atoms with Crippen LogP contribution in [-0.2, 0) is 13.1 Å². The molecule has 4 aromatic rings. The number of nitrogens with one attached hydrogen (secondary N) is 2. The number of aromatic nitrogens is 3. The number of hydrogen-bond donors (Lipinski definition) is 2. The molecule has 0 bridgehead atoms. The summed E-state index contributed by atoms with van der Waals surface area (Å²) in [5, 5.41) is 6.65. The van der Waals surface area contributed by atoms with Gasteiger partial charge in [0.1, 0.15) is 17.4 Å². The van der Waals surface area contributed by atoms with Gasteiger partial charge in [-0.15, -0.1) is 0 Å². The summed E-state index contributed by atoms with van der Waals surface area (Å²) in [4.78, 5) is 13.4. The molecule has 1 aromatic carbocycles. The maximum Gasteiger partial charge on any atom is 0.163 e. The molecule has 0 radical (unpaired) electrons. The largest absolute Gasteiger partial charge is 0.467 e. The van der Waals surface area contributed by atoms with Crippen LogP contribution in [0.15, 0.2) is 83.7 Å². The first-order valence-electron chi connectivity index (χ1n) is 8.70. The first-order valence-corrected chi connectivity index (χ1v) is 8.70. The lowest BCUT2D eigenvalue weighted by Crippen LogP contribution is -2.07. The molecule has 0 spiro atoms. The molecule has 3 heterocycles. The third-order valence-electron chi connectivity index (χ3n) is 3.98. The fraction of sp³-hybridized carbons (Fsp3) is 0.0952. The number of anilines is 2. The Balaban J connectivity index is 1.57. The Morgan fingerprint density at radius 1 is 0.815 bits per heavy atom. The van der Waals surface area contributed by atoms with Crippen LogP contribution in [0.25, 0.3) is 11.4 Å². The molecule has 0 unspecified atom stereocenters. The fourth-order valence-corrected chi connectivity index (χ4v) is 2.63. The van der Waals surface area contributed by atoms with Crippen LogP contribution in [0.5, 0.6) is 0 Å². The van der Waals surface area contributed by atoms with E-state index >= 15 is 0 Å². The third kappa shape index (κ3) is 4.49. The average molecular weight is 357 g/mol. The van der Waals surface area contributed by atoms with Crippen LogP contribution in [0.3, 0.4) is 0 Å². The highest BCUT2D eigenvalue weighted by Crippen LogP contribution is 2.21. The van der Waals surface area contributed by atoms with Gasteiger partial charge in [-0.25, -0.2) is 9.97 Å².